The van der Waals surface area contributed by atoms with Gasteiger partial charge in [0.2, 0.25) is 0 Å². The fraction of sp³-hybridized carbons (Fsp3) is 0.500. The van der Waals surface area contributed by atoms with E-state index in [9.17, 15) is 10.1 Å². The molecule has 1 unspecified atom stereocenters. The smallest absolute Gasteiger partial charge is 0.410 e. The van der Waals surface area contributed by atoms with Crippen LogP contribution in [-0.2, 0) is 21.2 Å². The van der Waals surface area contributed by atoms with Crippen molar-refractivity contribution in [2.75, 3.05) is 6.54 Å². The fourth-order valence-corrected chi connectivity index (χ4v) is 9.40. The zero-order chi connectivity index (χ0) is 36.6. The van der Waals surface area contributed by atoms with Crippen LogP contribution in [0.25, 0.3) is 11.1 Å². The van der Waals surface area contributed by atoms with Crippen LogP contribution in [0.3, 0.4) is 0 Å². The summed E-state index contributed by atoms with van der Waals surface area (Å²) in [6, 6.07) is 14.2. The van der Waals surface area contributed by atoms with E-state index in [0.29, 0.717) is 48.9 Å². The molecule has 1 saturated heterocycles. The molecule has 2 heterocycles. The number of carbonyl (C=O) groups is 1. The molecule has 0 bridgehead atoms. The van der Waals surface area contributed by atoms with Crippen molar-refractivity contribution in [1.29, 1.82) is 5.26 Å². The Kier molecular flexibility index (Phi) is 9.19. The van der Waals surface area contributed by atoms with Gasteiger partial charge in [0.25, 0.3) is 0 Å². The molecule has 1 fully saturated rings. The van der Waals surface area contributed by atoms with Crippen LogP contribution in [0.5, 0.6) is 5.75 Å². The van der Waals surface area contributed by atoms with Crippen molar-refractivity contribution in [3.8, 4) is 22.9 Å². The van der Waals surface area contributed by atoms with Crippen molar-refractivity contribution in [1.82, 2.24) is 4.90 Å². The third kappa shape index (κ3) is 5.91. The lowest BCUT2D eigenvalue weighted by Gasteiger charge is -2.43. The summed E-state index contributed by atoms with van der Waals surface area (Å²) in [5.74, 6) is -1.71. The maximum Gasteiger partial charge on any atom is 0.410 e. The number of nitriles is 1. The highest BCUT2D eigenvalue weighted by Crippen LogP contribution is 2.60. The van der Waals surface area contributed by atoms with Gasteiger partial charge in [-0.15, -0.1) is 0 Å². The maximum absolute atomic E-state index is 17.1. The van der Waals surface area contributed by atoms with E-state index in [1.165, 1.54) is 6.07 Å². The molecule has 2 aliphatic heterocycles. The summed E-state index contributed by atoms with van der Waals surface area (Å²) in [4.78, 5) is 15.4. The Morgan fingerprint density at radius 2 is 1.76 bits per heavy atom. The third-order valence-corrected chi connectivity index (χ3v) is 16.1. The molecule has 0 N–H and O–H groups in total. The Morgan fingerprint density at radius 3 is 2.38 bits per heavy atom. The second-order valence-corrected chi connectivity index (χ2v) is 21.6. The summed E-state index contributed by atoms with van der Waals surface area (Å²) in [5, 5.41) is 10.2. The van der Waals surface area contributed by atoms with E-state index in [1.807, 2.05) is 58.0 Å². The van der Waals surface area contributed by atoms with Gasteiger partial charge in [-0.1, -0.05) is 69.6 Å². The Hall–Kier alpha value is -3.45. The number of amides is 1. The Balaban J connectivity index is 1.53. The van der Waals surface area contributed by atoms with Gasteiger partial charge in [-0.25, -0.2) is 13.6 Å². The van der Waals surface area contributed by atoms with E-state index >= 15 is 8.78 Å². The number of carbonyl (C=O) groups excluding carboxylic acids is 1. The molecule has 3 aliphatic rings. The molecule has 0 aromatic heterocycles. The largest absolute Gasteiger partial charge is 0.479 e. The van der Waals surface area contributed by atoms with Crippen LogP contribution in [0.1, 0.15) is 108 Å². The Bertz CT molecular complexity index is 1880. The first-order valence-corrected chi connectivity index (χ1v) is 20.8. The second kappa shape index (κ2) is 12.6. The molecule has 3 aromatic carbocycles. The molecular weight excluding hydrogens is 674 g/mol. The zero-order valence-electron chi connectivity index (χ0n) is 30.5. The number of ether oxygens (including phenoxy) is 2. The van der Waals surface area contributed by atoms with E-state index in [4.69, 9.17) is 25.5 Å². The van der Waals surface area contributed by atoms with Gasteiger partial charge in [-0.05, 0) is 87.3 Å². The van der Waals surface area contributed by atoms with Crippen molar-refractivity contribution in [3.05, 3.63) is 86.9 Å². The van der Waals surface area contributed by atoms with Crippen LogP contribution in [-0.4, -0.2) is 37.5 Å². The summed E-state index contributed by atoms with van der Waals surface area (Å²) < 4.78 is 52.6. The fourth-order valence-electron chi connectivity index (χ4n) is 7.84. The highest BCUT2D eigenvalue weighted by Gasteiger charge is 2.58. The predicted octanol–water partition coefficient (Wildman–Crippen LogP) is 11.0. The molecule has 6 nitrogen and oxygen atoms in total. The van der Waals surface area contributed by atoms with Gasteiger partial charge in [0.15, 0.2) is 13.9 Å². The first-order chi connectivity index (χ1) is 23.3. The second-order valence-electron chi connectivity index (χ2n) is 16.5. The molecule has 6 rings (SSSR count). The molecular formula is C40H47ClF2N2O4Si. The van der Waals surface area contributed by atoms with Crippen molar-refractivity contribution in [2.24, 2.45) is 0 Å². The standard InChI is InChI=1S/C40H47ClF2N2O4Si/c1-23-32-30(47-40(23,25-14-11-10-12-15-25)31-16-13-19-45(31)37(46)48-38(2,3)4)21-28(42)35(41)34(32)33-24(22-44)20-27-26(36(33)43)17-18-29(27)49-50(8,9)39(5,6)7/h10-12,14-15,20-21,23,29,31H,13,16-19H2,1-9H3/t23-,29?,31-,40-/m0/s1. The third-order valence-electron chi connectivity index (χ3n) is 11.2. The summed E-state index contributed by atoms with van der Waals surface area (Å²) in [6.45, 7) is 18.7. The van der Waals surface area contributed by atoms with Gasteiger partial charge in [0, 0.05) is 35.2 Å². The van der Waals surface area contributed by atoms with Gasteiger partial charge in [0.05, 0.1) is 28.8 Å². The summed E-state index contributed by atoms with van der Waals surface area (Å²) in [7, 11) is -2.22. The molecule has 3 aromatic rings. The van der Waals surface area contributed by atoms with Crippen molar-refractivity contribution in [3.63, 3.8) is 0 Å². The van der Waals surface area contributed by atoms with Gasteiger partial charge in [-0.3, -0.25) is 0 Å². The van der Waals surface area contributed by atoms with Crippen molar-refractivity contribution >= 4 is 26.0 Å². The quantitative estimate of drug-likeness (QED) is 0.245. The van der Waals surface area contributed by atoms with Gasteiger partial charge >= 0.3 is 6.09 Å². The van der Waals surface area contributed by atoms with Crippen LogP contribution < -0.4 is 4.74 Å². The van der Waals surface area contributed by atoms with Gasteiger partial charge < -0.3 is 18.8 Å². The van der Waals surface area contributed by atoms with Crippen LogP contribution in [0.2, 0.25) is 23.2 Å². The van der Waals surface area contributed by atoms with Crippen LogP contribution >= 0.6 is 11.6 Å². The highest BCUT2D eigenvalue weighted by molar-refractivity contribution is 6.74. The lowest BCUT2D eigenvalue weighted by atomic mass is 9.72. The number of hydrogen-bond acceptors (Lipinski definition) is 5. The zero-order valence-corrected chi connectivity index (χ0v) is 32.2. The van der Waals surface area contributed by atoms with Crippen LogP contribution in [0, 0.1) is 23.0 Å². The number of benzene rings is 3. The normalized spacial score (nSPS) is 23.3. The number of nitrogens with zero attached hydrogens (tertiary/aromatic N) is 2. The van der Waals surface area contributed by atoms with Crippen molar-refractivity contribution < 1.29 is 27.5 Å². The minimum absolute atomic E-state index is 0.0327. The maximum atomic E-state index is 17.1. The van der Waals surface area contributed by atoms with E-state index in [2.05, 4.69) is 39.9 Å². The number of halogens is 3. The Morgan fingerprint density at radius 1 is 1.08 bits per heavy atom. The molecule has 1 amide bonds. The lowest BCUT2D eigenvalue weighted by Crippen LogP contribution is -2.54. The molecule has 0 spiro atoms. The van der Waals surface area contributed by atoms with E-state index < -0.39 is 49.2 Å². The number of rotatable bonds is 5. The summed E-state index contributed by atoms with van der Waals surface area (Å²) in [6.07, 6.45) is 1.51. The van der Waals surface area contributed by atoms with Crippen LogP contribution in [0.15, 0.2) is 42.5 Å². The van der Waals surface area contributed by atoms with E-state index in [0.717, 1.165) is 5.56 Å². The molecule has 4 atom stereocenters. The topological polar surface area (TPSA) is 71.8 Å². The van der Waals surface area contributed by atoms with Gasteiger partial charge in [0.1, 0.15) is 23.0 Å². The van der Waals surface area contributed by atoms with E-state index in [-0.39, 0.29) is 38.6 Å². The minimum Gasteiger partial charge on any atom is -0.479 e. The van der Waals surface area contributed by atoms with E-state index in [1.54, 1.807) is 11.0 Å². The number of hydrogen-bond donors (Lipinski definition) is 0. The average molecular weight is 721 g/mol. The molecule has 10 heteroatoms. The SMILES string of the molecule is C[C@H]1c2c(cc(F)c(Cl)c2-c2c(C#N)cc3c(c2F)CCC3O[Si](C)(C)C(C)(C)C)O[C@@]1(c1ccccc1)[C@@H]1CCCN1C(=O)OC(C)(C)C. The average Bonchev–Trinajstić information content (AvgIpc) is 3.74. The first kappa shape index (κ1) is 36.3. The number of fused-ring (bicyclic) bond motifs is 2. The Labute approximate surface area is 300 Å². The molecule has 266 valence electrons. The molecule has 0 saturated carbocycles. The van der Waals surface area contributed by atoms with Crippen molar-refractivity contribution in [2.45, 2.75) is 122 Å². The summed E-state index contributed by atoms with van der Waals surface area (Å²) in [5.41, 5.74) is 0.642. The lowest BCUT2D eigenvalue weighted by molar-refractivity contribution is -0.0310. The number of likely N-dealkylation sites (tertiary alicyclic amines) is 1. The molecule has 0 radical (unpaired) electrons. The molecule has 50 heavy (non-hydrogen) atoms. The minimum atomic E-state index is -2.22. The highest BCUT2D eigenvalue weighted by atomic mass is 35.5. The van der Waals surface area contributed by atoms with Gasteiger partial charge in [-0.2, -0.15) is 5.26 Å². The predicted molar refractivity (Wildman–Crippen MR) is 194 cm³/mol. The monoisotopic (exact) mass is 720 g/mol. The summed E-state index contributed by atoms with van der Waals surface area (Å²) >= 11 is 6.83. The van der Waals surface area contributed by atoms with Crippen LogP contribution in [0.4, 0.5) is 13.6 Å². The molecule has 1 aliphatic carbocycles. The first-order valence-electron chi connectivity index (χ1n) is 17.5.